The molecule has 0 bridgehead atoms. The van der Waals surface area contributed by atoms with Gasteiger partial charge in [0, 0.05) is 16.1 Å². The summed E-state index contributed by atoms with van der Waals surface area (Å²) in [7, 11) is 0. The Bertz CT molecular complexity index is 1060. The highest BCUT2D eigenvalue weighted by Crippen LogP contribution is 2.26. The molecule has 0 aliphatic carbocycles. The number of ketones is 1. The van der Waals surface area contributed by atoms with Crippen LogP contribution in [0.25, 0.3) is 33.5 Å². The van der Waals surface area contributed by atoms with E-state index in [4.69, 9.17) is 11.6 Å². The van der Waals surface area contributed by atoms with E-state index in [0.717, 1.165) is 39.1 Å². The van der Waals surface area contributed by atoms with Gasteiger partial charge in [0.25, 0.3) is 0 Å². The van der Waals surface area contributed by atoms with Gasteiger partial charge >= 0.3 is 0 Å². The first kappa shape index (κ1) is 15.6. The summed E-state index contributed by atoms with van der Waals surface area (Å²) in [4.78, 5) is 19.3. The molecule has 3 aromatic carbocycles. The van der Waals surface area contributed by atoms with Crippen LogP contribution in [0.4, 0.5) is 0 Å². The van der Waals surface area contributed by atoms with Gasteiger partial charge in [0.15, 0.2) is 5.78 Å². The van der Waals surface area contributed by atoms with Gasteiger partial charge in [-0.3, -0.25) is 4.79 Å². The summed E-state index contributed by atoms with van der Waals surface area (Å²) < 4.78 is 0. The van der Waals surface area contributed by atoms with Crippen molar-refractivity contribution in [3.63, 3.8) is 0 Å². The molecule has 0 unspecified atom stereocenters. The number of H-pyrrole nitrogens is 1. The molecule has 122 valence electrons. The first-order chi connectivity index (χ1) is 12.1. The molecule has 1 aromatic heterocycles. The number of benzene rings is 3. The van der Waals surface area contributed by atoms with Crippen LogP contribution in [0.5, 0.6) is 0 Å². The molecular weight excluding hydrogens is 332 g/mol. The second kappa shape index (κ2) is 6.19. The first-order valence-corrected chi connectivity index (χ1v) is 8.35. The van der Waals surface area contributed by atoms with E-state index in [9.17, 15) is 4.79 Å². The quantitative estimate of drug-likeness (QED) is 0.480. The number of Topliss-reactive ketones (excluding diaryl/α,β-unsaturated/α-hetero) is 1. The van der Waals surface area contributed by atoms with Gasteiger partial charge in [-0.15, -0.1) is 0 Å². The van der Waals surface area contributed by atoms with Crippen molar-refractivity contribution in [2.24, 2.45) is 0 Å². The van der Waals surface area contributed by atoms with Crippen LogP contribution in [-0.4, -0.2) is 15.8 Å². The average molecular weight is 347 g/mol. The highest BCUT2D eigenvalue weighted by molar-refractivity contribution is 6.31. The van der Waals surface area contributed by atoms with Crippen LogP contribution < -0.4 is 0 Å². The molecule has 0 saturated heterocycles. The van der Waals surface area contributed by atoms with Gasteiger partial charge in [-0.1, -0.05) is 60.1 Å². The second-order valence-electron chi connectivity index (χ2n) is 5.96. The highest BCUT2D eigenvalue weighted by Gasteiger charge is 2.07. The van der Waals surface area contributed by atoms with Crippen molar-refractivity contribution >= 4 is 28.4 Å². The molecule has 0 spiro atoms. The Morgan fingerprint density at radius 2 is 1.48 bits per heavy atom. The number of rotatable bonds is 3. The summed E-state index contributed by atoms with van der Waals surface area (Å²) in [6.07, 6.45) is 0. The Morgan fingerprint density at radius 3 is 2.12 bits per heavy atom. The summed E-state index contributed by atoms with van der Waals surface area (Å²) in [5, 5.41) is 0.687. The van der Waals surface area contributed by atoms with E-state index in [-0.39, 0.29) is 5.78 Å². The van der Waals surface area contributed by atoms with Crippen LogP contribution in [0.15, 0.2) is 66.7 Å². The van der Waals surface area contributed by atoms with Crippen LogP contribution in [0.3, 0.4) is 0 Å². The zero-order valence-corrected chi connectivity index (χ0v) is 14.3. The minimum atomic E-state index is 0.0758. The van der Waals surface area contributed by atoms with Crippen molar-refractivity contribution in [1.29, 1.82) is 0 Å². The third-order valence-corrected chi connectivity index (χ3v) is 4.46. The summed E-state index contributed by atoms with van der Waals surface area (Å²) in [6, 6.07) is 21.4. The molecule has 0 radical (unpaired) electrons. The third kappa shape index (κ3) is 3.06. The number of aromatic amines is 1. The number of nitrogens with one attached hydrogen (secondary N) is 1. The van der Waals surface area contributed by atoms with Gasteiger partial charge in [0.2, 0.25) is 0 Å². The maximum atomic E-state index is 11.4. The van der Waals surface area contributed by atoms with E-state index in [1.807, 2.05) is 54.6 Å². The molecular formula is C21H15ClN2O. The van der Waals surface area contributed by atoms with Crippen LogP contribution in [0.1, 0.15) is 17.3 Å². The molecule has 0 fully saturated rings. The minimum absolute atomic E-state index is 0.0758. The van der Waals surface area contributed by atoms with E-state index in [1.54, 1.807) is 6.92 Å². The van der Waals surface area contributed by atoms with E-state index in [1.165, 1.54) is 0 Å². The average Bonchev–Trinajstić information content (AvgIpc) is 3.05. The predicted molar refractivity (Wildman–Crippen MR) is 102 cm³/mol. The van der Waals surface area contributed by atoms with Crippen LogP contribution in [0.2, 0.25) is 5.02 Å². The molecule has 1 N–H and O–H groups in total. The zero-order chi connectivity index (χ0) is 17.4. The smallest absolute Gasteiger partial charge is 0.159 e. The molecule has 4 heteroatoms. The van der Waals surface area contributed by atoms with Gasteiger partial charge < -0.3 is 4.98 Å². The zero-order valence-electron chi connectivity index (χ0n) is 13.6. The summed E-state index contributed by atoms with van der Waals surface area (Å²) in [5.41, 5.74) is 5.72. The number of hydrogen-bond donors (Lipinski definition) is 1. The lowest BCUT2D eigenvalue weighted by Crippen LogP contribution is -1.90. The Hall–Kier alpha value is -2.91. The molecule has 0 aliphatic heterocycles. The number of halogens is 1. The largest absolute Gasteiger partial charge is 0.338 e. The summed E-state index contributed by atoms with van der Waals surface area (Å²) in [5.74, 6) is 0.891. The molecule has 4 aromatic rings. The topological polar surface area (TPSA) is 45.8 Å². The molecule has 3 nitrogen and oxygen atoms in total. The Balaban J connectivity index is 1.65. The number of nitrogens with zero attached hydrogens (tertiary/aromatic N) is 1. The van der Waals surface area contributed by atoms with E-state index < -0.39 is 0 Å². The van der Waals surface area contributed by atoms with Gasteiger partial charge in [0.05, 0.1) is 11.0 Å². The molecule has 1 heterocycles. The maximum absolute atomic E-state index is 11.4. The minimum Gasteiger partial charge on any atom is -0.338 e. The maximum Gasteiger partial charge on any atom is 0.159 e. The van der Waals surface area contributed by atoms with Crippen LogP contribution in [-0.2, 0) is 0 Å². The Kier molecular flexibility index (Phi) is 3.86. The molecule has 0 amide bonds. The van der Waals surface area contributed by atoms with E-state index in [0.29, 0.717) is 5.02 Å². The molecule has 0 atom stereocenters. The van der Waals surface area contributed by atoms with Crippen LogP contribution >= 0.6 is 11.6 Å². The van der Waals surface area contributed by atoms with Crippen molar-refractivity contribution in [2.45, 2.75) is 6.92 Å². The lowest BCUT2D eigenvalue weighted by atomic mass is 10.0. The van der Waals surface area contributed by atoms with Gasteiger partial charge in [-0.2, -0.15) is 0 Å². The number of aromatic nitrogens is 2. The SMILES string of the molecule is CC(=O)c1ccc(-c2ccc(-c3nc4ccc(Cl)cc4[nH]3)cc2)cc1. The van der Waals surface area contributed by atoms with Gasteiger partial charge in [-0.05, 0) is 36.2 Å². The fourth-order valence-electron chi connectivity index (χ4n) is 2.84. The van der Waals surface area contributed by atoms with Gasteiger partial charge in [-0.25, -0.2) is 4.98 Å². The summed E-state index contributed by atoms with van der Waals surface area (Å²) in [6.45, 7) is 1.57. The lowest BCUT2D eigenvalue weighted by molar-refractivity contribution is 0.101. The number of fused-ring (bicyclic) bond motifs is 1. The lowest BCUT2D eigenvalue weighted by Gasteiger charge is -2.04. The van der Waals surface area contributed by atoms with Crippen molar-refractivity contribution in [2.75, 3.05) is 0 Å². The monoisotopic (exact) mass is 346 g/mol. The molecule has 25 heavy (non-hydrogen) atoms. The Morgan fingerprint density at radius 1 is 0.880 bits per heavy atom. The fourth-order valence-corrected chi connectivity index (χ4v) is 3.01. The van der Waals surface area contributed by atoms with Gasteiger partial charge in [0.1, 0.15) is 5.82 Å². The third-order valence-electron chi connectivity index (χ3n) is 4.23. The standard InChI is InChI=1S/C21H15ClN2O/c1-13(25)14-2-4-15(5-3-14)16-6-8-17(9-7-16)21-23-19-11-10-18(22)12-20(19)24-21/h2-12H,1H3,(H,23,24). The van der Waals surface area contributed by atoms with Crippen molar-refractivity contribution in [1.82, 2.24) is 9.97 Å². The second-order valence-corrected chi connectivity index (χ2v) is 6.39. The van der Waals surface area contributed by atoms with Crippen molar-refractivity contribution < 1.29 is 4.79 Å². The first-order valence-electron chi connectivity index (χ1n) is 7.97. The van der Waals surface area contributed by atoms with E-state index >= 15 is 0 Å². The number of hydrogen-bond acceptors (Lipinski definition) is 2. The number of imidazole rings is 1. The molecule has 4 rings (SSSR count). The van der Waals surface area contributed by atoms with Crippen LogP contribution in [0, 0.1) is 0 Å². The fraction of sp³-hybridized carbons (Fsp3) is 0.0476. The van der Waals surface area contributed by atoms with E-state index in [2.05, 4.69) is 22.1 Å². The van der Waals surface area contributed by atoms with Crippen molar-refractivity contribution in [3.05, 3.63) is 77.3 Å². The van der Waals surface area contributed by atoms with Crippen molar-refractivity contribution in [3.8, 4) is 22.5 Å². The predicted octanol–water partition coefficient (Wildman–Crippen LogP) is 5.75. The summed E-state index contributed by atoms with van der Waals surface area (Å²) >= 11 is 6.02. The number of carbonyl (C=O) groups excluding carboxylic acids is 1. The highest BCUT2D eigenvalue weighted by atomic mass is 35.5. The normalized spacial score (nSPS) is 11.0. The molecule has 0 saturated carbocycles. The Labute approximate surface area is 150 Å². The number of carbonyl (C=O) groups is 1. The molecule has 0 aliphatic rings.